The van der Waals surface area contributed by atoms with Gasteiger partial charge in [0.25, 0.3) is 0 Å². The van der Waals surface area contributed by atoms with Crippen LogP contribution in [-0.4, -0.2) is 32.3 Å². The van der Waals surface area contributed by atoms with Crippen molar-refractivity contribution >= 4 is 16.0 Å². The third kappa shape index (κ3) is 2.95. The van der Waals surface area contributed by atoms with Crippen LogP contribution in [0.3, 0.4) is 0 Å². The average molecular weight is 345 g/mol. The topological polar surface area (TPSA) is 63.7 Å². The summed E-state index contributed by atoms with van der Waals surface area (Å²) in [7, 11) is -2.54. The number of benzene rings is 2. The smallest absolute Gasteiger partial charge is 0.339 e. The third-order valence-corrected chi connectivity index (χ3v) is 6.23. The highest BCUT2D eigenvalue weighted by molar-refractivity contribution is 7.89. The molecular weight excluding hydrogens is 326 g/mol. The predicted octanol–water partition coefficient (Wildman–Crippen LogP) is 3.00. The molecule has 0 aromatic heterocycles. The Hall–Kier alpha value is -2.18. The van der Waals surface area contributed by atoms with Gasteiger partial charge in [0.2, 0.25) is 10.0 Å². The fourth-order valence-corrected chi connectivity index (χ4v) is 5.00. The van der Waals surface area contributed by atoms with E-state index in [1.165, 1.54) is 23.5 Å². The first-order valence-corrected chi connectivity index (χ1v) is 9.24. The van der Waals surface area contributed by atoms with Crippen molar-refractivity contribution < 1.29 is 17.9 Å². The van der Waals surface area contributed by atoms with Crippen molar-refractivity contribution in [3.63, 3.8) is 0 Å². The molecule has 1 unspecified atom stereocenters. The van der Waals surface area contributed by atoms with Crippen LogP contribution in [0.5, 0.6) is 0 Å². The van der Waals surface area contributed by atoms with Gasteiger partial charge in [-0.15, -0.1) is 0 Å². The van der Waals surface area contributed by atoms with E-state index in [1.807, 2.05) is 30.3 Å². The second kappa shape index (κ2) is 6.75. The summed E-state index contributed by atoms with van der Waals surface area (Å²) in [5, 5.41) is 0. The number of nitrogens with zero attached hydrogens (tertiary/aromatic N) is 1. The van der Waals surface area contributed by atoms with Gasteiger partial charge in [0.15, 0.2) is 0 Å². The fraction of sp³-hybridized carbons (Fsp3) is 0.278. The minimum atomic E-state index is -3.79. The first-order valence-electron chi connectivity index (χ1n) is 7.80. The highest BCUT2D eigenvalue weighted by Crippen LogP contribution is 2.37. The van der Waals surface area contributed by atoms with Crippen LogP contribution in [-0.2, 0) is 14.8 Å². The largest absolute Gasteiger partial charge is 0.465 e. The first-order chi connectivity index (χ1) is 11.6. The molecule has 2 aromatic rings. The molecule has 0 radical (unpaired) electrons. The zero-order chi connectivity index (χ0) is 17.2. The van der Waals surface area contributed by atoms with Crippen molar-refractivity contribution in [1.82, 2.24) is 4.31 Å². The maximum absolute atomic E-state index is 13.2. The monoisotopic (exact) mass is 345 g/mol. The van der Waals surface area contributed by atoms with E-state index in [9.17, 15) is 13.2 Å². The quantitative estimate of drug-likeness (QED) is 0.799. The van der Waals surface area contributed by atoms with Gasteiger partial charge in [0.1, 0.15) is 0 Å². The summed E-state index contributed by atoms with van der Waals surface area (Å²) in [6.07, 6.45) is 1.56. The van der Waals surface area contributed by atoms with Crippen LogP contribution in [0.2, 0.25) is 0 Å². The van der Waals surface area contributed by atoms with Crippen LogP contribution < -0.4 is 0 Å². The SMILES string of the molecule is COC(=O)c1ccccc1S(=O)(=O)N1CCCC1c1ccccc1. The Labute approximate surface area is 141 Å². The molecule has 1 saturated heterocycles. The van der Waals surface area contributed by atoms with E-state index in [1.54, 1.807) is 12.1 Å². The summed E-state index contributed by atoms with van der Waals surface area (Å²) in [6, 6.07) is 15.6. The van der Waals surface area contributed by atoms with Gasteiger partial charge < -0.3 is 4.74 Å². The van der Waals surface area contributed by atoms with Crippen LogP contribution >= 0.6 is 0 Å². The zero-order valence-electron chi connectivity index (χ0n) is 13.4. The summed E-state index contributed by atoms with van der Waals surface area (Å²) in [6.45, 7) is 0.442. The lowest BCUT2D eigenvalue weighted by Gasteiger charge is -2.25. The van der Waals surface area contributed by atoms with Gasteiger partial charge in [-0.1, -0.05) is 42.5 Å². The first kappa shape index (κ1) is 16.7. The highest BCUT2D eigenvalue weighted by atomic mass is 32.2. The van der Waals surface area contributed by atoms with E-state index >= 15 is 0 Å². The molecule has 126 valence electrons. The Kier molecular flexibility index (Phi) is 4.69. The Morgan fingerprint density at radius 3 is 2.46 bits per heavy atom. The molecule has 0 N–H and O–H groups in total. The number of carbonyl (C=O) groups is 1. The Morgan fingerprint density at radius 1 is 1.08 bits per heavy atom. The number of carbonyl (C=O) groups excluding carboxylic acids is 1. The molecule has 1 atom stereocenters. The number of hydrogen-bond acceptors (Lipinski definition) is 4. The normalized spacial score (nSPS) is 18.5. The highest BCUT2D eigenvalue weighted by Gasteiger charge is 2.37. The molecule has 1 fully saturated rings. The number of rotatable bonds is 4. The fourth-order valence-electron chi connectivity index (χ4n) is 3.13. The Balaban J connectivity index is 2.04. The van der Waals surface area contributed by atoms with Gasteiger partial charge in [-0.25, -0.2) is 13.2 Å². The van der Waals surface area contributed by atoms with E-state index in [0.29, 0.717) is 6.54 Å². The molecule has 1 aliphatic rings. The second-order valence-electron chi connectivity index (χ2n) is 5.67. The summed E-state index contributed by atoms with van der Waals surface area (Å²) in [4.78, 5) is 11.9. The lowest BCUT2D eigenvalue weighted by Crippen LogP contribution is -2.31. The van der Waals surface area contributed by atoms with E-state index in [0.717, 1.165) is 18.4 Å². The van der Waals surface area contributed by atoms with Gasteiger partial charge in [-0.3, -0.25) is 0 Å². The molecule has 0 aliphatic carbocycles. The number of sulfonamides is 1. The molecule has 3 rings (SSSR count). The third-order valence-electron chi connectivity index (χ3n) is 4.27. The summed E-state index contributed by atoms with van der Waals surface area (Å²) in [5.74, 6) is -0.648. The molecule has 0 amide bonds. The average Bonchev–Trinajstić information content (AvgIpc) is 3.12. The van der Waals surface area contributed by atoms with Crippen LogP contribution in [0.1, 0.15) is 34.8 Å². The van der Waals surface area contributed by atoms with E-state index < -0.39 is 16.0 Å². The molecule has 6 heteroatoms. The van der Waals surface area contributed by atoms with E-state index in [2.05, 4.69) is 0 Å². The molecule has 1 aliphatic heterocycles. The standard InChI is InChI=1S/C18H19NO4S/c1-23-18(20)15-10-5-6-12-17(15)24(21,22)19-13-7-11-16(19)14-8-3-2-4-9-14/h2-6,8-10,12,16H,7,11,13H2,1H3. The Morgan fingerprint density at radius 2 is 1.75 bits per heavy atom. The van der Waals surface area contributed by atoms with Crippen LogP contribution in [0, 0.1) is 0 Å². The molecule has 0 spiro atoms. The second-order valence-corrected chi connectivity index (χ2v) is 7.53. The van der Waals surface area contributed by atoms with Crippen LogP contribution in [0.15, 0.2) is 59.5 Å². The maximum atomic E-state index is 13.2. The maximum Gasteiger partial charge on any atom is 0.339 e. The minimum Gasteiger partial charge on any atom is -0.465 e. The molecule has 1 heterocycles. The lowest BCUT2D eigenvalue weighted by molar-refractivity contribution is 0.0596. The predicted molar refractivity (Wildman–Crippen MR) is 90.1 cm³/mol. The summed E-state index contributed by atoms with van der Waals surface area (Å²) >= 11 is 0. The van der Waals surface area contributed by atoms with Crippen molar-refractivity contribution in [3.05, 3.63) is 65.7 Å². The van der Waals surface area contributed by atoms with Gasteiger partial charge in [0.05, 0.1) is 23.6 Å². The van der Waals surface area contributed by atoms with Gasteiger partial charge >= 0.3 is 5.97 Å². The van der Waals surface area contributed by atoms with Gasteiger partial charge in [-0.05, 0) is 30.5 Å². The number of ether oxygens (including phenoxy) is 1. The number of methoxy groups -OCH3 is 1. The van der Waals surface area contributed by atoms with Crippen LogP contribution in [0.4, 0.5) is 0 Å². The molecule has 2 aromatic carbocycles. The molecule has 0 saturated carbocycles. The molecule has 24 heavy (non-hydrogen) atoms. The number of esters is 1. The summed E-state index contributed by atoms with van der Waals surface area (Å²) < 4.78 is 32.6. The van der Waals surface area contributed by atoms with Gasteiger partial charge in [-0.2, -0.15) is 4.31 Å². The van der Waals surface area contributed by atoms with E-state index in [4.69, 9.17) is 4.74 Å². The zero-order valence-corrected chi connectivity index (χ0v) is 14.2. The van der Waals surface area contributed by atoms with Crippen molar-refractivity contribution in [2.24, 2.45) is 0 Å². The van der Waals surface area contributed by atoms with Crippen molar-refractivity contribution in [2.45, 2.75) is 23.8 Å². The van der Waals surface area contributed by atoms with E-state index in [-0.39, 0.29) is 16.5 Å². The van der Waals surface area contributed by atoms with Crippen LogP contribution in [0.25, 0.3) is 0 Å². The lowest BCUT2D eigenvalue weighted by atomic mass is 10.1. The molecule has 0 bridgehead atoms. The van der Waals surface area contributed by atoms with Crippen molar-refractivity contribution in [3.8, 4) is 0 Å². The summed E-state index contributed by atoms with van der Waals surface area (Å²) in [5.41, 5.74) is 1.04. The van der Waals surface area contributed by atoms with Crippen molar-refractivity contribution in [1.29, 1.82) is 0 Å². The molecule has 5 nitrogen and oxygen atoms in total. The van der Waals surface area contributed by atoms with Crippen molar-refractivity contribution in [2.75, 3.05) is 13.7 Å². The van der Waals surface area contributed by atoms with Gasteiger partial charge in [0, 0.05) is 6.54 Å². The minimum absolute atomic E-state index is 0.000295. The molecular formula is C18H19NO4S. The number of hydrogen-bond donors (Lipinski definition) is 0. The Bertz CT molecular complexity index is 833.